The fourth-order valence-corrected chi connectivity index (χ4v) is 3.35. The van der Waals surface area contributed by atoms with E-state index in [4.69, 9.17) is 14.5 Å². The van der Waals surface area contributed by atoms with E-state index in [-0.39, 0.29) is 17.5 Å². The van der Waals surface area contributed by atoms with Gasteiger partial charge in [-0.3, -0.25) is 9.36 Å². The van der Waals surface area contributed by atoms with Gasteiger partial charge in [-0.2, -0.15) is 0 Å². The van der Waals surface area contributed by atoms with Gasteiger partial charge in [-0.15, -0.1) is 0 Å². The highest BCUT2D eigenvalue weighted by molar-refractivity contribution is 5.61. The number of aromatic nitrogens is 3. The molecule has 29 heavy (non-hydrogen) atoms. The molecule has 1 aliphatic rings. The van der Waals surface area contributed by atoms with Crippen LogP contribution >= 0.6 is 0 Å². The third-order valence-electron chi connectivity index (χ3n) is 4.94. The number of benzene rings is 1. The van der Waals surface area contributed by atoms with Crippen LogP contribution in [-0.4, -0.2) is 41.3 Å². The summed E-state index contributed by atoms with van der Waals surface area (Å²) in [6.07, 6.45) is 1.39. The Morgan fingerprint density at radius 3 is 2.76 bits per heavy atom. The lowest BCUT2D eigenvalue weighted by Gasteiger charge is -2.34. The summed E-state index contributed by atoms with van der Waals surface area (Å²) >= 11 is 0. The van der Waals surface area contributed by atoms with Crippen LogP contribution in [-0.2, 0) is 11.8 Å². The molecule has 0 aliphatic carbocycles. The maximum Gasteiger partial charge on any atom is 0.255 e. The molecule has 0 radical (unpaired) electrons. The molecule has 1 saturated heterocycles. The fourth-order valence-electron chi connectivity index (χ4n) is 3.35. The summed E-state index contributed by atoms with van der Waals surface area (Å²) in [5.74, 6) is 0.721. The zero-order valence-corrected chi connectivity index (χ0v) is 16.2. The van der Waals surface area contributed by atoms with E-state index in [0.29, 0.717) is 37.2 Å². The highest BCUT2D eigenvalue weighted by Crippen LogP contribution is 2.26. The number of ether oxygens (including phenoxy) is 2. The van der Waals surface area contributed by atoms with E-state index in [1.165, 1.54) is 29.9 Å². The van der Waals surface area contributed by atoms with Gasteiger partial charge in [0, 0.05) is 37.5 Å². The summed E-state index contributed by atoms with van der Waals surface area (Å²) in [6, 6.07) is 11.3. The Balaban J connectivity index is 1.67. The van der Waals surface area contributed by atoms with Gasteiger partial charge in [0.15, 0.2) is 0 Å². The molecule has 1 atom stereocenters. The molecule has 0 amide bonds. The summed E-state index contributed by atoms with van der Waals surface area (Å²) in [5, 5.41) is 0. The van der Waals surface area contributed by atoms with Crippen LogP contribution in [0.4, 0.5) is 10.3 Å². The van der Waals surface area contributed by atoms with E-state index in [2.05, 4.69) is 4.98 Å². The molecule has 150 valence electrons. The summed E-state index contributed by atoms with van der Waals surface area (Å²) < 4.78 is 25.8. The monoisotopic (exact) mass is 396 g/mol. The van der Waals surface area contributed by atoms with E-state index >= 15 is 0 Å². The largest absolute Gasteiger partial charge is 0.481 e. The molecule has 3 aromatic rings. The average Bonchev–Trinajstić information content (AvgIpc) is 2.76. The molecule has 8 heteroatoms. The molecular weight excluding hydrogens is 375 g/mol. The van der Waals surface area contributed by atoms with Crippen LogP contribution in [0.1, 0.15) is 11.7 Å². The highest BCUT2D eigenvalue weighted by atomic mass is 19.1. The third-order valence-corrected chi connectivity index (χ3v) is 4.94. The third kappa shape index (κ3) is 3.97. The minimum Gasteiger partial charge on any atom is -0.481 e. The van der Waals surface area contributed by atoms with Crippen molar-refractivity contribution in [1.29, 1.82) is 0 Å². The molecule has 0 N–H and O–H groups in total. The van der Waals surface area contributed by atoms with Crippen molar-refractivity contribution in [3.63, 3.8) is 0 Å². The predicted octanol–water partition coefficient (Wildman–Crippen LogP) is 2.57. The quantitative estimate of drug-likeness (QED) is 0.675. The molecule has 4 rings (SSSR count). The molecule has 1 fully saturated rings. The molecule has 3 heterocycles. The number of morpholine rings is 1. The second kappa shape index (κ2) is 8.00. The number of methoxy groups -OCH3 is 1. The van der Waals surface area contributed by atoms with Gasteiger partial charge in [0.05, 0.1) is 26.0 Å². The van der Waals surface area contributed by atoms with Crippen LogP contribution in [0.3, 0.4) is 0 Å². The van der Waals surface area contributed by atoms with Crippen LogP contribution in [0, 0.1) is 5.82 Å². The van der Waals surface area contributed by atoms with Gasteiger partial charge in [0.2, 0.25) is 11.8 Å². The van der Waals surface area contributed by atoms with Crippen molar-refractivity contribution in [1.82, 2.24) is 14.5 Å². The molecule has 1 aliphatic heterocycles. The van der Waals surface area contributed by atoms with Gasteiger partial charge in [-0.05, 0) is 23.8 Å². The van der Waals surface area contributed by atoms with E-state index in [9.17, 15) is 9.18 Å². The van der Waals surface area contributed by atoms with Gasteiger partial charge in [0.25, 0.3) is 5.56 Å². The summed E-state index contributed by atoms with van der Waals surface area (Å²) in [4.78, 5) is 23.4. The Morgan fingerprint density at radius 2 is 2.00 bits per heavy atom. The lowest BCUT2D eigenvalue weighted by molar-refractivity contribution is 0.0389. The summed E-state index contributed by atoms with van der Waals surface area (Å²) in [6.45, 7) is 1.58. The Bertz CT molecular complexity index is 1070. The van der Waals surface area contributed by atoms with Gasteiger partial charge < -0.3 is 14.4 Å². The number of hydrogen-bond acceptors (Lipinski definition) is 6. The van der Waals surface area contributed by atoms with Crippen molar-refractivity contribution >= 4 is 5.95 Å². The first-order valence-electron chi connectivity index (χ1n) is 9.25. The number of rotatable bonds is 4. The second-order valence-electron chi connectivity index (χ2n) is 6.78. The Hall–Kier alpha value is -3.26. The van der Waals surface area contributed by atoms with Gasteiger partial charge in [0.1, 0.15) is 11.9 Å². The standard InChI is InChI=1S/C21H21FN4O3/c1-25-20(27)12-17(15-7-8-23-19(11-15)28-2)24-21(25)26-9-10-29-18(13-26)14-3-5-16(22)6-4-14/h3-8,11-12,18H,9-10,13H2,1-2H3/t18-/m1/s1. The fraction of sp³-hybridized carbons (Fsp3) is 0.286. The van der Waals surface area contributed by atoms with Gasteiger partial charge in [-0.1, -0.05) is 12.1 Å². The lowest BCUT2D eigenvalue weighted by atomic mass is 10.1. The van der Waals surface area contributed by atoms with Crippen molar-refractivity contribution in [2.75, 3.05) is 31.7 Å². The van der Waals surface area contributed by atoms with Crippen molar-refractivity contribution in [2.45, 2.75) is 6.10 Å². The molecule has 7 nitrogen and oxygen atoms in total. The summed E-state index contributed by atoms with van der Waals surface area (Å²) in [7, 11) is 3.24. The Labute approximate surface area is 167 Å². The first-order chi connectivity index (χ1) is 14.0. The van der Waals surface area contributed by atoms with Crippen LogP contribution in [0.15, 0.2) is 53.5 Å². The molecule has 0 saturated carbocycles. The number of anilines is 1. The average molecular weight is 396 g/mol. The van der Waals surface area contributed by atoms with Crippen molar-refractivity contribution in [3.05, 3.63) is 70.4 Å². The van der Waals surface area contributed by atoms with Crippen LogP contribution in [0.2, 0.25) is 0 Å². The van der Waals surface area contributed by atoms with E-state index in [0.717, 1.165) is 11.1 Å². The van der Waals surface area contributed by atoms with Crippen LogP contribution < -0.4 is 15.2 Å². The van der Waals surface area contributed by atoms with Gasteiger partial charge >= 0.3 is 0 Å². The maximum atomic E-state index is 13.2. The minimum atomic E-state index is -0.286. The smallest absolute Gasteiger partial charge is 0.255 e. The molecule has 0 spiro atoms. The molecule has 0 unspecified atom stereocenters. The second-order valence-corrected chi connectivity index (χ2v) is 6.78. The van der Waals surface area contributed by atoms with E-state index in [1.807, 2.05) is 4.90 Å². The number of pyridine rings is 1. The highest BCUT2D eigenvalue weighted by Gasteiger charge is 2.25. The number of halogens is 1. The Kier molecular flexibility index (Phi) is 5.26. The lowest BCUT2D eigenvalue weighted by Crippen LogP contribution is -2.41. The number of hydrogen-bond donors (Lipinski definition) is 0. The minimum absolute atomic E-state index is 0.161. The van der Waals surface area contributed by atoms with Crippen LogP contribution in [0.5, 0.6) is 5.88 Å². The normalized spacial score (nSPS) is 16.7. The summed E-state index contributed by atoms with van der Waals surface area (Å²) in [5.41, 5.74) is 2.02. The topological polar surface area (TPSA) is 69.5 Å². The predicted molar refractivity (Wildman–Crippen MR) is 107 cm³/mol. The number of nitrogens with zero attached hydrogens (tertiary/aromatic N) is 4. The SMILES string of the molecule is COc1cc(-c2cc(=O)n(C)c(N3CCO[C@@H](c4ccc(F)cc4)C3)n2)ccn1. The van der Waals surface area contributed by atoms with E-state index in [1.54, 1.807) is 37.5 Å². The van der Waals surface area contributed by atoms with Crippen LogP contribution in [0.25, 0.3) is 11.3 Å². The zero-order valence-electron chi connectivity index (χ0n) is 16.2. The first-order valence-corrected chi connectivity index (χ1v) is 9.25. The zero-order chi connectivity index (χ0) is 20.4. The molecule has 0 bridgehead atoms. The van der Waals surface area contributed by atoms with Crippen molar-refractivity contribution in [3.8, 4) is 17.1 Å². The van der Waals surface area contributed by atoms with Crippen molar-refractivity contribution in [2.24, 2.45) is 7.05 Å². The Morgan fingerprint density at radius 1 is 1.21 bits per heavy atom. The van der Waals surface area contributed by atoms with E-state index < -0.39 is 0 Å². The molecule has 2 aromatic heterocycles. The molecular formula is C21H21FN4O3. The van der Waals surface area contributed by atoms with Gasteiger partial charge in [-0.25, -0.2) is 14.4 Å². The molecule has 1 aromatic carbocycles. The maximum absolute atomic E-state index is 13.2. The van der Waals surface area contributed by atoms with Crippen molar-refractivity contribution < 1.29 is 13.9 Å². The first kappa shape index (κ1) is 19.1.